The Hall–Kier alpha value is 0.170. The number of benzene rings is 2. The molecule has 0 fully saturated rings. The predicted molar refractivity (Wildman–Crippen MR) is 88.2 cm³/mol. The van der Waals surface area contributed by atoms with Crippen molar-refractivity contribution >= 4 is 77.4 Å². The van der Waals surface area contributed by atoms with E-state index in [9.17, 15) is 0 Å². The van der Waals surface area contributed by atoms with Crippen LogP contribution in [0.15, 0.2) is 48.5 Å². The molecule has 82 valence electrons. The monoisotopic (exact) mass is 294 g/mol. The number of hydrogen-bond donors (Lipinski definition) is 0. The predicted octanol–water partition coefficient (Wildman–Crippen LogP) is -0.306. The molecule has 0 saturated carbocycles. The summed E-state index contributed by atoms with van der Waals surface area (Å²) in [5, 5.41) is 0. The summed E-state index contributed by atoms with van der Waals surface area (Å²) in [7, 11) is 0. The van der Waals surface area contributed by atoms with Crippen LogP contribution in [0.1, 0.15) is 0 Å². The molecular formula is C12H14Al4N2+2. The number of nitrogens with zero attached hydrogens (tertiary/aromatic N) is 2. The van der Waals surface area contributed by atoms with Crippen LogP contribution in [0.2, 0.25) is 0 Å². The van der Waals surface area contributed by atoms with E-state index < -0.39 is 0 Å². The van der Waals surface area contributed by atoms with E-state index in [2.05, 4.69) is 54.3 Å². The molecule has 0 aliphatic carbocycles. The summed E-state index contributed by atoms with van der Waals surface area (Å²) in [5.41, 5.74) is 5.19. The van der Waals surface area contributed by atoms with Crippen molar-refractivity contribution in [3.8, 4) is 11.1 Å². The maximum atomic E-state index is 2.39. The first kappa shape index (κ1) is 14.6. The van der Waals surface area contributed by atoms with Gasteiger partial charge in [0.2, 0.25) is 0 Å². The normalized spacial score (nSPS) is 9.89. The Morgan fingerprint density at radius 2 is 1.06 bits per heavy atom. The van der Waals surface area contributed by atoms with Crippen molar-refractivity contribution in [3.63, 3.8) is 0 Å². The van der Waals surface area contributed by atoms with E-state index in [1.165, 1.54) is 22.5 Å². The van der Waals surface area contributed by atoms with Crippen LogP contribution in [-0.4, -0.2) is 66.0 Å². The molecule has 2 aromatic carbocycles. The molecule has 2 aromatic rings. The zero-order chi connectivity index (χ0) is 13.1. The van der Waals surface area contributed by atoms with Crippen molar-refractivity contribution in [2.75, 3.05) is 5.73 Å². The molecule has 0 aromatic heterocycles. The second-order valence-corrected chi connectivity index (χ2v) is 11.4. The fourth-order valence-corrected chi connectivity index (χ4v) is 2.83. The first-order valence-corrected chi connectivity index (χ1v) is 8.92. The average molecular weight is 294 g/mol. The third-order valence-corrected chi connectivity index (χ3v) is 4.71. The van der Waals surface area contributed by atoms with E-state index in [0.29, 0.717) is 0 Å². The third-order valence-electron chi connectivity index (χ3n) is 2.95. The van der Waals surface area contributed by atoms with Crippen LogP contribution in [-0.2, 0) is 0 Å². The molecule has 0 heterocycles. The third kappa shape index (κ3) is 3.60. The van der Waals surface area contributed by atoms with Crippen LogP contribution in [0.4, 0.5) is 11.4 Å². The van der Waals surface area contributed by atoms with Gasteiger partial charge in [-0.25, -0.2) is 0 Å². The van der Waals surface area contributed by atoms with Gasteiger partial charge < -0.3 is 0 Å². The Morgan fingerprint density at radius 1 is 0.667 bits per heavy atom. The van der Waals surface area contributed by atoms with Crippen LogP contribution in [0, 0.1) is 0 Å². The standard InChI is InChI=1S/C12H8N2.4Al.6H/c13-11-5-1-9(2-6-11)10-3-7-12(14)8-4-10;;;;;;;;;;/h1-8H;;;;;;;;;;/q;;;2*+1;;;;;;. The van der Waals surface area contributed by atoms with Gasteiger partial charge in [0, 0.05) is 0 Å². The van der Waals surface area contributed by atoms with Crippen LogP contribution in [0.5, 0.6) is 0 Å². The fourth-order valence-electron chi connectivity index (χ4n) is 1.82. The van der Waals surface area contributed by atoms with Gasteiger partial charge in [-0.3, -0.25) is 0 Å². The quantitative estimate of drug-likeness (QED) is 0.717. The second kappa shape index (κ2) is 6.56. The molecule has 0 aliphatic rings. The molecule has 2 nitrogen and oxygen atoms in total. The van der Waals surface area contributed by atoms with E-state index in [0.717, 1.165) is 33.0 Å². The number of hydrogen-bond acceptors (Lipinski definition) is 2. The Morgan fingerprint density at radius 3 is 1.39 bits per heavy atom. The van der Waals surface area contributed by atoms with Crippen molar-refractivity contribution in [2.24, 2.45) is 0 Å². The van der Waals surface area contributed by atoms with Gasteiger partial charge in [-0.2, -0.15) is 0 Å². The Balaban J connectivity index is 2.25. The minimum absolute atomic E-state index is 1.11. The molecule has 0 saturated heterocycles. The Bertz CT molecular complexity index is 459. The topological polar surface area (TPSA) is 6.48 Å². The van der Waals surface area contributed by atoms with E-state index in [-0.39, 0.29) is 0 Å². The van der Waals surface area contributed by atoms with E-state index >= 15 is 0 Å². The summed E-state index contributed by atoms with van der Waals surface area (Å²) in [4.78, 5) is 0. The number of anilines is 2. The van der Waals surface area contributed by atoms with Crippen molar-refractivity contribution in [3.05, 3.63) is 48.5 Å². The Kier molecular flexibility index (Phi) is 5.31. The molecule has 0 aliphatic heterocycles. The SMILES string of the molecule is [AlH+][N]([AlH+])c1ccc(-c2ccc([N]([AlH2])[AlH2])cc2)cc1. The van der Waals surface area contributed by atoms with Crippen LogP contribution < -0.4 is 5.73 Å². The van der Waals surface area contributed by atoms with Crippen molar-refractivity contribution in [1.82, 2.24) is 0 Å². The number of rotatable bonds is 3. The molecule has 0 unspecified atom stereocenters. The van der Waals surface area contributed by atoms with Crippen LogP contribution in [0.25, 0.3) is 11.1 Å². The molecule has 0 spiro atoms. The molecule has 0 atom stereocenters. The van der Waals surface area contributed by atoms with Crippen molar-refractivity contribution in [1.29, 1.82) is 0 Å². The van der Waals surface area contributed by atoms with Crippen molar-refractivity contribution in [2.45, 2.75) is 0 Å². The summed E-state index contributed by atoms with van der Waals surface area (Å²) >= 11 is 5.97. The van der Waals surface area contributed by atoms with Gasteiger partial charge >= 0.3 is 143 Å². The summed E-state index contributed by atoms with van der Waals surface area (Å²) < 4.78 is 4.56. The maximum absolute atomic E-state index is 2.39. The molecule has 2 rings (SSSR count). The first-order chi connectivity index (χ1) is 8.58. The van der Waals surface area contributed by atoms with Gasteiger partial charge in [0.05, 0.1) is 0 Å². The van der Waals surface area contributed by atoms with Gasteiger partial charge in [-0.15, -0.1) is 0 Å². The van der Waals surface area contributed by atoms with Crippen LogP contribution >= 0.6 is 0 Å². The molecule has 18 heavy (non-hydrogen) atoms. The molecular weight excluding hydrogens is 280 g/mol. The fraction of sp³-hybridized carbons (Fsp3) is 0. The molecule has 0 bridgehead atoms. The molecule has 0 amide bonds. The zero-order valence-electron chi connectivity index (χ0n) is 10.9. The average Bonchev–Trinajstić information content (AvgIpc) is 2.39. The summed E-state index contributed by atoms with van der Waals surface area (Å²) in [6.07, 6.45) is 0. The summed E-state index contributed by atoms with van der Waals surface area (Å²) in [6.45, 7) is 0. The summed E-state index contributed by atoms with van der Waals surface area (Å²) in [5.74, 6) is 0. The van der Waals surface area contributed by atoms with Gasteiger partial charge in [-0.05, 0) is 0 Å². The van der Waals surface area contributed by atoms with E-state index in [1.807, 2.05) is 33.0 Å². The summed E-state index contributed by atoms with van der Waals surface area (Å²) in [6, 6.07) is 17.6. The van der Waals surface area contributed by atoms with Gasteiger partial charge in [0.1, 0.15) is 0 Å². The first-order valence-electron chi connectivity index (χ1n) is 5.87. The van der Waals surface area contributed by atoms with Gasteiger partial charge in [0.25, 0.3) is 0 Å². The van der Waals surface area contributed by atoms with Gasteiger partial charge in [-0.1, -0.05) is 0 Å². The van der Waals surface area contributed by atoms with Crippen molar-refractivity contribution < 1.29 is 0 Å². The minimum atomic E-state index is 1.11. The second-order valence-electron chi connectivity index (χ2n) is 4.53. The molecule has 0 radical (unpaired) electrons. The Labute approximate surface area is 142 Å². The molecule has 6 heteroatoms. The zero-order valence-corrected chi connectivity index (χ0v) is 17.8. The van der Waals surface area contributed by atoms with Crippen LogP contribution in [0.3, 0.4) is 0 Å². The molecule has 0 N–H and O–H groups in total. The van der Waals surface area contributed by atoms with E-state index in [4.69, 9.17) is 0 Å². The van der Waals surface area contributed by atoms with Gasteiger partial charge in [0.15, 0.2) is 0 Å². The van der Waals surface area contributed by atoms with E-state index in [1.54, 1.807) is 0 Å².